The molecule has 1 amide bonds. The molecule has 1 aliphatic heterocycles. The molecule has 0 atom stereocenters. The number of fused-ring (bicyclic) bond motifs is 1. The largest absolute Gasteiger partial charge is 0.494 e. The third-order valence-corrected chi connectivity index (χ3v) is 7.62. The number of carbonyl (C=O) groups is 1. The van der Waals surface area contributed by atoms with Crippen LogP contribution in [0, 0.1) is 0 Å². The van der Waals surface area contributed by atoms with Crippen LogP contribution in [-0.4, -0.2) is 75.2 Å². The number of amides is 1. The number of nitrogens with zero attached hydrogens (tertiary/aromatic N) is 5. The molecule has 3 heterocycles. The number of carbonyl (C=O) groups excluding carboxylic acids is 1. The molecule has 0 aliphatic carbocycles. The molecule has 1 fully saturated rings. The number of piperazine rings is 1. The molecular weight excluding hydrogens is 510 g/mol. The summed E-state index contributed by atoms with van der Waals surface area (Å²) in [7, 11) is 7.80. The number of hydrogen-bond acceptors (Lipinski definition) is 9. The van der Waals surface area contributed by atoms with Gasteiger partial charge < -0.3 is 30.1 Å². The molecule has 10 heteroatoms. The Kier molecular flexibility index (Phi) is 7.67. The highest BCUT2D eigenvalue weighted by Crippen LogP contribution is 2.40. The van der Waals surface area contributed by atoms with E-state index in [0.29, 0.717) is 23.1 Å². The van der Waals surface area contributed by atoms with Gasteiger partial charge in [-0.2, -0.15) is 0 Å². The van der Waals surface area contributed by atoms with E-state index < -0.39 is 0 Å². The van der Waals surface area contributed by atoms with E-state index in [9.17, 15) is 4.79 Å². The summed E-state index contributed by atoms with van der Waals surface area (Å²) in [5, 5.41) is 9.38. The fourth-order valence-corrected chi connectivity index (χ4v) is 5.49. The van der Waals surface area contributed by atoms with E-state index in [1.165, 1.54) is 6.08 Å². The summed E-state index contributed by atoms with van der Waals surface area (Å²) < 4.78 is 5.80. The van der Waals surface area contributed by atoms with Crippen LogP contribution in [0.5, 0.6) is 5.75 Å². The van der Waals surface area contributed by atoms with Gasteiger partial charge in [0.25, 0.3) is 0 Å². The number of nitrogens with one attached hydrogen (secondary N) is 2. The van der Waals surface area contributed by atoms with Gasteiger partial charge in [-0.25, -0.2) is 9.97 Å². The summed E-state index contributed by atoms with van der Waals surface area (Å²) >= 11 is 1.57. The van der Waals surface area contributed by atoms with Crippen molar-refractivity contribution >= 4 is 56.2 Å². The van der Waals surface area contributed by atoms with Crippen LogP contribution >= 0.6 is 11.3 Å². The standard InChI is InChI=1S/C29H33N7O2S/c1-6-26(37)30-21-17-22(25(38-5)18-24(21)36-14-12-35(4)13-15-36)31-29-32-27(20-11-16-39-28(20)33-29)19-9-7-8-10-23(19)34(2)3/h6-11,16-18H,1,12-15H2,2-5H3,(H,30,37)(H,31,32,33). The average molecular weight is 544 g/mol. The number of likely N-dealkylation sites (N-methyl/N-ethyl adjacent to an activating group) is 1. The van der Waals surface area contributed by atoms with Crippen molar-refractivity contribution in [3.63, 3.8) is 0 Å². The SMILES string of the molecule is C=CC(=O)Nc1cc(Nc2nc(-c3ccccc3N(C)C)c3ccsc3n2)c(OC)cc1N1CCN(C)CC1. The minimum absolute atomic E-state index is 0.277. The van der Waals surface area contributed by atoms with Gasteiger partial charge in [0.1, 0.15) is 10.6 Å². The van der Waals surface area contributed by atoms with Crippen molar-refractivity contribution < 1.29 is 9.53 Å². The first-order valence-corrected chi connectivity index (χ1v) is 13.6. The molecule has 0 radical (unpaired) electrons. The first-order valence-electron chi connectivity index (χ1n) is 12.8. The Morgan fingerprint density at radius 3 is 2.59 bits per heavy atom. The third-order valence-electron chi connectivity index (χ3n) is 6.82. The molecule has 2 N–H and O–H groups in total. The van der Waals surface area contributed by atoms with E-state index in [4.69, 9.17) is 14.7 Å². The highest BCUT2D eigenvalue weighted by molar-refractivity contribution is 7.16. The minimum Gasteiger partial charge on any atom is -0.494 e. The molecule has 0 saturated carbocycles. The number of aromatic nitrogens is 2. The third kappa shape index (κ3) is 5.52. The monoisotopic (exact) mass is 543 g/mol. The molecule has 1 saturated heterocycles. The lowest BCUT2D eigenvalue weighted by Gasteiger charge is -2.35. The predicted molar refractivity (Wildman–Crippen MR) is 162 cm³/mol. The Morgan fingerprint density at radius 2 is 1.87 bits per heavy atom. The summed E-state index contributed by atoms with van der Waals surface area (Å²) in [5.74, 6) is 0.797. The zero-order valence-electron chi connectivity index (χ0n) is 22.7. The lowest BCUT2D eigenvalue weighted by atomic mass is 10.1. The second kappa shape index (κ2) is 11.3. The molecule has 4 aromatic rings. The van der Waals surface area contributed by atoms with Crippen molar-refractivity contribution in [3.05, 3.63) is 60.5 Å². The summed E-state index contributed by atoms with van der Waals surface area (Å²) in [4.78, 5) is 29.6. The Bertz CT molecular complexity index is 1510. The van der Waals surface area contributed by atoms with Gasteiger partial charge in [-0.15, -0.1) is 11.3 Å². The Balaban J connectivity index is 1.58. The van der Waals surface area contributed by atoms with Crippen LogP contribution in [0.15, 0.2) is 60.5 Å². The molecule has 2 aromatic heterocycles. The molecule has 0 unspecified atom stereocenters. The van der Waals surface area contributed by atoms with Crippen LogP contribution in [0.4, 0.5) is 28.7 Å². The van der Waals surface area contributed by atoms with Gasteiger partial charge in [0.2, 0.25) is 11.9 Å². The van der Waals surface area contributed by atoms with Crippen LogP contribution in [0.1, 0.15) is 0 Å². The van der Waals surface area contributed by atoms with Crippen molar-refractivity contribution in [2.45, 2.75) is 0 Å². The Hall–Kier alpha value is -4.15. The van der Waals surface area contributed by atoms with Gasteiger partial charge in [-0.1, -0.05) is 24.8 Å². The van der Waals surface area contributed by atoms with Gasteiger partial charge in [0.15, 0.2) is 0 Å². The first kappa shape index (κ1) is 26.5. The molecular formula is C29H33N7O2S. The zero-order chi connectivity index (χ0) is 27.5. The maximum Gasteiger partial charge on any atom is 0.247 e. The molecule has 0 bridgehead atoms. The lowest BCUT2D eigenvalue weighted by molar-refractivity contribution is -0.111. The number of anilines is 5. The van der Waals surface area contributed by atoms with Crippen molar-refractivity contribution in [1.82, 2.24) is 14.9 Å². The normalized spacial score (nSPS) is 13.8. The molecule has 2 aromatic carbocycles. The van der Waals surface area contributed by atoms with Gasteiger partial charge >= 0.3 is 0 Å². The number of methoxy groups -OCH3 is 1. The minimum atomic E-state index is -0.277. The highest BCUT2D eigenvalue weighted by atomic mass is 32.1. The fraction of sp³-hybridized carbons (Fsp3) is 0.276. The number of hydrogen-bond donors (Lipinski definition) is 2. The number of thiophene rings is 1. The van der Waals surface area contributed by atoms with E-state index in [-0.39, 0.29) is 5.91 Å². The van der Waals surface area contributed by atoms with Crippen LogP contribution in [0.2, 0.25) is 0 Å². The van der Waals surface area contributed by atoms with Gasteiger partial charge in [0, 0.05) is 63.0 Å². The summed E-state index contributed by atoms with van der Waals surface area (Å²) in [5.41, 5.74) is 5.16. The Morgan fingerprint density at radius 1 is 1.10 bits per heavy atom. The van der Waals surface area contributed by atoms with Crippen LogP contribution in [0.3, 0.4) is 0 Å². The average Bonchev–Trinajstić information content (AvgIpc) is 3.42. The summed E-state index contributed by atoms with van der Waals surface area (Å²) in [6.07, 6.45) is 1.27. The van der Waals surface area contributed by atoms with Crippen molar-refractivity contribution in [3.8, 4) is 17.0 Å². The predicted octanol–water partition coefficient (Wildman–Crippen LogP) is 5.05. The van der Waals surface area contributed by atoms with Crippen molar-refractivity contribution in [2.24, 2.45) is 0 Å². The summed E-state index contributed by atoms with van der Waals surface area (Å²) in [6.45, 7) is 7.17. The molecule has 1 aliphatic rings. The second-order valence-electron chi connectivity index (χ2n) is 9.63. The Labute approximate surface area is 232 Å². The fourth-order valence-electron chi connectivity index (χ4n) is 4.73. The van der Waals surface area contributed by atoms with E-state index in [1.807, 2.05) is 43.7 Å². The summed E-state index contributed by atoms with van der Waals surface area (Å²) in [6, 6.07) is 14.1. The smallest absolute Gasteiger partial charge is 0.247 e. The first-order chi connectivity index (χ1) is 18.9. The van der Waals surface area contributed by atoms with E-state index in [0.717, 1.165) is 59.0 Å². The number of benzene rings is 2. The second-order valence-corrected chi connectivity index (χ2v) is 10.5. The highest BCUT2D eigenvalue weighted by Gasteiger charge is 2.22. The molecule has 5 rings (SSSR count). The number of rotatable bonds is 8. The van der Waals surface area contributed by atoms with E-state index in [2.05, 4.69) is 57.2 Å². The van der Waals surface area contributed by atoms with E-state index in [1.54, 1.807) is 18.4 Å². The molecule has 39 heavy (non-hydrogen) atoms. The lowest BCUT2D eigenvalue weighted by Crippen LogP contribution is -2.44. The van der Waals surface area contributed by atoms with Gasteiger partial charge in [-0.05, 0) is 36.7 Å². The van der Waals surface area contributed by atoms with Gasteiger partial charge in [0.05, 0.1) is 29.9 Å². The number of para-hydroxylation sites is 1. The maximum absolute atomic E-state index is 12.4. The van der Waals surface area contributed by atoms with Crippen LogP contribution < -0.4 is 25.2 Å². The quantitative estimate of drug-likeness (QED) is 0.299. The zero-order valence-corrected chi connectivity index (χ0v) is 23.5. The topological polar surface area (TPSA) is 85.9 Å². The van der Waals surface area contributed by atoms with Crippen LogP contribution in [0.25, 0.3) is 21.5 Å². The van der Waals surface area contributed by atoms with Gasteiger partial charge in [-0.3, -0.25) is 4.79 Å². The molecule has 202 valence electrons. The molecule has 0 spiro atoms. The molecule has 9 nitrogen and oxygen atoms in total. The van der Waals surface area contributed by atoms with E-state index >= 15 is 0 Å². The van der Waals surface area contributed by atoms with Crippen molar-refractivity contribution in [2.75, 3.05) is 74.9 Å². The number of ether oxygens (including phenoxy) is 1. The van der Waals surface area contributed by atoms with Crippen molar-refractivity contribution in [1.29, 1.82) is 0 Å². The van der Waals surface area contributed by atoms with Crippen LogP contribution in [-0.2, 0) is 4.79 Å². The maximum atomic E-state index is 12.4.